The Kier molecular flexibility index (Phi) is 3.06. The molecule has 0 aliphatic heterocycles. The molecule has 2 nitrogen and oxygen atoms in total. The summed E-state index contributed by atoms with van der Waals surface area (Å²) >= 11 is 13.7. The van der Waals surface area contributed by atoms with Gasteiger partial charge < -0.3 is 4.98 Å². The number of nitrogens with zero attached hydrogens (tertiary/aromatic N) is 1. The van der Waals surface area contributed by atoms with Gasteiger partial charge in [0.1, 0.15) is 5.82 Å². The number of thiophene rings is 1. The molecule has 0 bridgehead atoms. The summed E-state index contributed by atoms with van der Waals surface area (Å²) in [7, 11) is 0. The number of H-pyrrole nitrogens is 1. The lowest BCUT2D eigenvalue weighted by Gasteiger charge is -1.93. The maximum absolute atomic E-state index is 5.99. The van der Waals surface area contributed by atoms with Crippen LogP contribution in [0.5, 0.6) is 0 Å². The second-order valence-corrected chi connectivity index (χ2v) is 5.97. The molecule has 5 heteroatoms. The predicted molar refractivity (Wildman–Crippen MR) is 78.8 cm³/mol. The summed E-state index contributed by atoms with van der Waals surface area (Å²) in [6, 6.07) is 7.81. The van der Waals surface area contributed by atoms with Crippen LogP contribution in [-0.2, 0) is 6.42 Å². The molecule has 1 aromatic carbocycles. The van der Waals surface area contributed by atoms with E-state index in [9.17, 15) is 0 Å². The molecule has 1 N–H and O–H groups in total. The van der Waals surface area contributed by atoms with E-state index >= 15 is 0 Å². The molecule has 3 rings (SSSR count). The highest BCUT2D eigenvalue weighted by Gasteiger charge is 2.09. The summed E-state index contributed by atoms with van der Waals surface area (Å²) < 4.78 is 0. The van der Waals surface area contributed by atoms with Gasteiger partial charge in [0.15, 0.2) is 0 Å². The number of halogens is 2. The van der Waals surface area contributed by atoms with E-state index in [1.54, 1.807) is 17.4 Å². The molecule has 0 radical (unpaired) electrons. The van der Waals surface area contributed by atoms with Gasteiger partial charge in [0, 0.05) is 4.88 Å². The summed E-state index contributed by atoms with van der Waals surface area (Å²) in [6.45, 7) is 2.15. The topological polar surface area (TPSA) is 28.7 Å². The first-order valence-electron chi connectivity index (χ1n) is 5.61. The fourth-order valence-electron chi connectivity index (χ4n) is 1.82. The zero-order chi connectivity index (χ0) is 12.7. The molecular weight excluding hydrogens is 287 g/mol. The summed E-state index contributed by atoms with van der Waals surface area (Å²) in [5.41, 5.74) is 1.75. The summed E-state index contributed by atoms with van der Waals surface area (Å²) in [6.07, 6.45) is 1.04. The number of benzene rings is 1. The highest BCUT2D eigenvalue weighted by atomic mass is 35.5. The molecule has 3 aromatic rings. The van der Waals surface area contributed by atoms with Gasteiger partial charge in [-0.25, -0.2) is 4.98 Å². The first-order valence-corrected chi connectivity index (χ1v) is 7.18. The molecule has 0 aliphatic rings. The second kappa shape index (κ2) is 4.57. The van der Waals surface area contributed by atoms with Crippen LogP contribution in [0.15, 0.2) is 24.3 Å². The minimum absolute atomic E-state index is 0.530. The number of fused-ring (bicyclic) bond motifs is 1. The van der Waals surface area contributed by atoms with Crippen molar-refractivity contribution in [2.45, 2.75) is 13.3 Å². The largest absolute Gasteiger partial charge is 0.337 e. The molecule has 2 heterocycles. The summed E-state index contributed by atoms with van der Waals surface area (Å²) in [4.78, 5) is 10.3. The molecule has 0 atom stereocenters. The van der Waals surface area contributed by atoms with Gasteiger partial charge >= 0.3 is 0 Å². The third-order valence-electron chi connectivity index (χ3n) is 2.77. The average molecular weight is 297 g/mol. The van der Waals surface area contributed by atoms with E-state index in [4.69, 9.17) is 23.2 Å². The third-order valence-corrected chi connectivity index (χ3v) is 4.73. The Morgan fingerprint density at radius 1 is 1.22 bits per heavy atom. The van der Waals surface area contributed by atoms with Crippen molar-refractivity contribution < 1.29 is 0 Å². The van der Waals surface area contributed by atoms with Crippen LogP contribution in [0.2, 0.25) is 10.0 Å². The van der Waals surface area contributed by atoms with E-state index in [0.29, 0.717) is 10.0 Å². The lowest BCUT2D eigenvalue weighted by atomic mass is 10.3. The number of hydrogen-bond acceptors (Lipinski definition) is 2. The van der Waals surface area contributed by atoms with Crippen molar-refractivity contribution in [3.05, 3.63) is 39.2 Å². The first-order chi connectivity index (χ1) is 8.67. The molecule has 0 aliphatic carbocycles. The van der Waals surface area contributed by atoms with Gasteiger partial charge in [-0.1, -0.05) is 30.1 Å². The molecule has 2 aromatic heterocycles. The molecule has 0 unspecified atom stereocenters. The van der Waals surface area contributed by atoms with Crippen molar-refractivity contribution in [1.82, 2.24) is 9.97 Å². The highest BCUT2D eigenvalue weighted by molar-refractivity contribution is 7.15. The SMILES string of the molecule is CCc1ccc(-c2nc3cc(Cl)c(Cl)cc3[nH]2)s1. The Morgan fingerprint density at radius 3 is 2.72 bits per heavy atom. The number of imidazole rings is 1. The van der Waals surface area contributed by atoms with E-state index in [2.05, 4.69) is 29.0 Å². The molecule has 0 spiro atoms. The maximum Gasteiger partial charge on any atom is 0.148 e. The Balaban J connectivity index is 2.13. The molecule has 0 fully saturated rings. The number of aromatic amines is 1. The first kappa shape index (κ1) is 12.0. The lowest BCUT2D eigenvalue weighted by Crippen LogP contribution is -1.72. The highest BCUT2D eigenvalue weighted by Crippen LogP contribution is 2.31. The van der Waals surface area contributed by atoms with Gasteiger partial charge in [-0.2, -0.15) is 0 Å². The Morgan fingerprint density at radius 2 is 2.00 bits per heavy atom. The van der Waals surface area contributed by atoms with Gasteiger partial charge in [-0.3, -0.25) is 0 Å². The third kappa shape index (κ3) is 2.03. The standard InChI is InChI=1S/C13H10Cl2N2S/c1-2-7-3-4-12(18-7)13-16-10-5-8(14)9(15)6-11(10)17-13/h3-6H,2H2,1H3,(H,16,17). The molecule has 0 saturated carbocycles. The predicted octanol–water partition coefficient (Wildman–Crippen LogP) is 5.16. The maximum atomic E-state index is 5.99. The van der Waals surface area contributed by atoms with E-state index in [1.807, 2.05) is 6.07 Å². The number of aryl methyl sites for hydroxylation is 1. The fourth-order valence-corrected chi connectivity index (χ4v) is 3.03. The monoisotopic (exact) mass is 296 g/mol. The summed E-state index contributed by atoms with van der Waals surface area (Å²) in [5, 5.41) is 1.07. The molecule has 0 amide bonds. The van der Waals surface area contributed by atoms with Gasteiger partial charge in [-0.15, -0.1) is 11.3 Å². The quantitative estimate of drug-likeness (QED) is 0.695. The minimum atomic E-state index is 0.530. The molecule has 0 saturated heterocycles. The van der Waals surface area contributed by atoms with Gasteiger partial charge in [0.05, 0.1) is 26.0 Å². The van der Waals surface area contributed by atoms with Crippen molar-refractivity contribution in [3.63, 3.8) is 0 Å². The van der Waals surface area contributed by atoms with Crippen molar-refractivity contribution >= 4 is 45.6 Å². The van der Waals surface area contributed by atoms with E-state index in [1.165, 1.54) is 4.88 Å². The number of rotatable bonds is 2. The smallest absolute Gasteiger partial charge is 0.148 e. The van der Waals surface area contributed by atoms with Crippen LogP contribution in [0.25, 0.3) is 21.7 Å². The van der Waals surface area contributed by atoms with Crippen LogP contribution in [-0.4, -0.2) is 9.97 Å². The van der Waals surface area contributed by atoms with Gasteiger partial charge in [0.25, 0.3) is 0 Å². The zero-order valence-electron chi connectivity index (χ0n) is 9.63. The van der Waals surface area contributed by atoms with Crippen LogP contribution >= 0.6 is 34.5 Å². The molecular formula is C13H10Cl2N2S. The van der Waals surface area contributed by atoms with E-state index < -0.39 is 0 Å². The van der Waals surface area contributed by atoms with Gasteiger partial charge in [0.2, 0.25) is 0 Å². The second-order valence-electron chi connectivity index (χ2n) is 3.99. The van der Waals surface area contributed by atoms with Crippen molar-refractivity contribution in [2.24, 2.45) is 0 Å². The minimum Gasteiger partial charge on any atom is -0.337 e. The van der Waals surface area contributed by atoms with E-state index in [0.717, 1.165) is 28.2 Å². The lowest BCUT2D eigenvalue weighted by molar-refractivity contribution is 1.19. The van der Waals surface area contributed by atoms with Crippen LogP contribution in [0.4, 0.5) is 0 Å². The zero-order valence-corrected chi connectivity index (χ0v) is 12.0. The average Bonchev–Trinajstić information content (AvgIpc) is 2.95. The van der Waals surface area contributed by atoms with Gasteiger partial charge in [-0.05, 0) is 30.7 Å². The number of hydrogen-bond donors (Lipinski definition) is 1. The summed E-state index contributed by atoms with van der Waals surface area (Å²) in [5.74, 6) is 0.869. The number of aromatic nitrogens is 2. The van der Waals surface area contributed by atoms with Crippen LogP contribution < -0.4 is 0 Å². The normalized spacial score (nSPS) is 11.3. The van der Waals surface area contributed by atoms with E-state index in [-0.39, 0.29) is 0 Å². The Hall–Kier alpha value is -1.03. The van der Waals surface area contributed by atoms with Crippen LogP contribution in [0.3, 0.4) is 0 Å². The fraction of sp³-hybridized carbons (Fsp3) is 0.154. The molecule has 92 valence electrons. The van der Waals surface area contributed by atoms with Crippen molar-refractivity contribution in [1.29, 1.82) is 0 Å². The number of nitrogens with one attached hydrogen (secondary N) is 1. The van der Waals surface area contributed by atoms with Crippen molar-refractivity contribution in [3.8, 4) is 10.7 Å². The Bertz CT molecular complexity index is 676. The van der Waals surface area contributed by atoms with Crippen LogP contribution in [0, 0.1) is 0 Å². The van der Waals surface area contributed by atoms with Crippen LogP contribution in [0.1, 0.15) is 11.8 Å². The molecule has 18 heavy (non-hydrogen) atoms. The Labute approximate surface area is 119 Å². The van der Waals surface area contributed by atoms with Crippen molar-refractivity contribution in [2.75, 3.05) is 0 Å².